The van der Waals surface area contributed by atoms with Crippen LogP contribution in [-0.2, 0) is 4.79 Å². The number of hydrogen-bond acceptors (Lipinski definition) is 8. The summed E-state index contributed by atoms with van der Waals surface area (Å²) in [6, 6.07) is 19.3. The number of nitro groups is 1. The SMILES string of the molecule is COc1ccc(-c2nnc(SCC(=O)N/N=C/c3cc([N+](=O)[O-])ccc3Cl)n2-c2ccc(C)cc2)cc1. The lowest BCUT2D eigenvalue weighted by Gasteiger charge is -2.11. The first-order valence-corrected chi connectivity index (χ1v) is 12.3. The summed E-state index contributed by atoms with van der Waals surface area (Å²) in [7, 11) is 1.60. The van der Waals surface area contributed by atoms with Crippen LogP contribution in [0.3, 0.4) is 0 Å². The smallest absolute Gasteiger partial charge is 0.270 e. The summed E-state index contributed by atoms with van der Waals surface area (Å²) in [6.07, 6.45) is 1.26. The van der Waals surface area contributed by atoms with E-state index in [1.807, 2.05) is 60.0 Å². The molecule has 0 saturated carbocycles. The van der Waals surface area contributed by atoms with Crippen LogP contribution in [0, 0.1) is 17.0 Å². The van der Waals surface area contributed by atoms with Crippen LogP contribution in [0.1, 0.15) is 11.1 Å². The number of nitro benzene ring substituents is 1. The third-order valence-electron chi connectivity index (χ3n) is 5.19. The van der Waals surface area contributed by atoms with E-state index in [1.165, 1.54) is 36.2 Å². The van der Waals surface area contributed by atoms with Crippen molar-refractivity contribution in [2.45, 2.75) is 12.1 Å². The van der Waals surface area contributed by atoms with Gasteiger partial charge in [0.25, 0.3) is 11.6 Å². The number of amides is 1. The molecule has 4 rings (SSSR count). The molecule has 0 unspecified atom stereocenters. The highest BCUT2D eigenvalue weighted by Crippen LogP contribution is 2.29. The fourth-order valence-electron chi connectivity index (χ4n) is 3.30. The third-order valence-corrected chi connectivity index (χ3v) is 6.46. The molecule has 0 atom stereocenters. The van der Waals surface area contributed by atoms with Crippen molar-refractivity contribution in [1.82, 2.24) is 20.2 Å². The van der Waals surface area contributed by atoms with Gasteiger partial charge >= 0.3 is 0 Å². The molecule has 0 spiro atoms. The molecule has 1 heterocycles. The van der Waals surface area contributed by atoms with E-state index in [-0.39, 0.29) is 16.5 Å². The zero-order valence-electron chi connectivity index (χ0n) is 19.8. The molecule has 188 valence electrons. The number of benzene rings is 3. The number of carbonyl (C=O) groups excluding carboxylic acids is 1. The quantitative estimate of drug-likeness (QED) is 0.137. The van der Waals surface area contributed by atoms with Gasteiger partial charge in [-0.25, -0.2) is 5.43 Å². The molecule has 0 bridgehead atoms. The van der Waals surface area contributed by atoms with Gasteiger partial charge in [-0.3, -0.25) is 19.5 Å². The van der Waals surface area contributed by atoms with Crippen LogP contribution in [0.2, 0.25) is 5.02 Å². The number of halogens is 1. The van der Waals surface area contributed by atoms with Crippen molar-refractivity contribution in [3.05, 3.63) is 93.0 Å². The predicted molar refractivity (Wildman–Crippen MR) is 143 cm³/mol. The molecule has 4 aromatic rings. The molecule has 3 aromatic carbocycles. The van der Waals surface area contributed by atoms with Gasteiger partial charge in [0.05, 0.1) is 24.0 Å². The Morgan fingerprint density at radius 3 is 2.57 bits per heavy atom. The largest absolute Gasteiger partial charge is 0.497 e. The second-order valence-corrected chi connectivity index (χ2v) is 9.10. The van der Waals surface area contributed by atoms with Crippen molar-refractivity contribution < 1.29 is 14.5 Å². The summed E-state index contributed by atoms with van der Waals surface area (Å²) in [5.41, 5.74) is 5.38. The summed E-state index contributed by atoms with van der Waals surface area (Å²) in [4.78, 5) is 22.9. The standard InChI is InChI=1S/C25H21ClN6O4S/c1-16-3-7-19(8-4-16)31-24(17-5-10-21(36-2)11-6-17)29-30-25(31)37-15-23(33)28-27-14-18-13-20(32(34)35)9-12-22(18)26/h3-14H,15H2,1-2H3,(H,28,33)/b27-14+. The van der Waals surface area contributed by atoms with E-state index in [4.69, 9.17) is 16.3 Å². The van der Waals surface area contributed by atoms with Crippen LogP contribution in [0.25, 0.3) is 17.1 Å². The number of nitrogens with zero attached hydrogens (tertiary/aromatic N) is 5. The van der Waals surface area contributed by atoms with Gasteiger partial charge in [-0.05, 0) is 49.4 Å². The number of carbonyl (C=O) groups is 1. The number of hydrogen-bond donors (Lipinski definition) is 1. The van der Waals surface area contributed by atoms with E-state index < -0.39 is 10.8 Å². The van der Waals surface area contributed by atoms with E-state index in [2.05, 4.69) is 20.7 Å². The molecule has 37 heavy (non-hydrogen) atoms. The lowest BCUT2D eigenvalue weighted by Crippen LogP contribution is -2.20. The number of non-ortho nitro benzene ring substituents is 1. The first-order chi connectivity index (χ1) is 17.9. The minimum atomic E-state index is -0.534. The van der Waals surface area contributed by atoms with Crippen LogP contribution >= 0.6 is 23.4 Å². The van der Waals surface area contributed by atoms with E-state index in [9.17, 15) is 14.9 Å². The fraction of sp³-hybridized carbons (Fsp3) is 0.120. The van der Waals surface area contributed by atoms with Crippen molar-refractivity contribution in [2.24, 2.45) is 5.10 Å². The summed E-state index contributed by atoms with van der Waals surface area (Å²) in [6.45, 7) is 2.00. The van der Waals surface area contributed by atoms with Crippen LogP contribution in [0.4, 0.5) is 5.69 Å². The predicted octanol–water partition coefficient (Wildman–Crippen LogP) is 5.06. The maximum absolute atomic E-state index is 12.4. The Balaban J connectivity index is 1.51. The number of thioether (sulfide) groups is 1. The molecule has 10 nitrogen and oxygen atoms in total. The van der Waals surface area contributed by atoms with Gasteiger partial charge in [-0.1, -0.05) is 41.1 Å². The van der Waals surface area contributed by atoms with Crippen molar-refractivity contribution >= 4 is 41.2 Å². The van der Waals surface area contributed by atoms with Gasteiger partial charge < -0.3 is 4.74 Å². The van der Waals surface area contributed by atoms with Crippen molar-refractivity contribution in [1.29, 1.82) is 0 Å². The van der Waals surface area contributed by atoms with Gasteiger partial charge in [0.1, 0.15) is 5.75 Å². The maximum Gasteiger partial charge on any atom is 0.270 e. The number of aryl methyl sites for hydroxylation is 1. The van der Waals surface area contributed by atoms with Gasteiger partial charge in [0, 0.05) is 34.0 Å². The van der Waals surface area contributed by atoms with Crippen LogP contribution in [0.15, 0.2) is 77.0 Å². The molecular formula is C25H21ClN6O4S. The second-order valence-electron chi connectivity index (χ2n) is 7.75. The van der Waals surface area contributed by atoms with Gasteiger partial charge in [-0.15, -0.1) is 10.2 Å². The van der Waals surface area contributed by atoms with Gasteiger partial charge in [0.15, 0.2) is 11.0 Å². The number of hydrazone groups is 1. The van der Waals surface area contributed by atoms with E-state index in [1.54, 1.807) is 7.11 Å². The first kappa shape index (κ1) is 25.9. The van der Waals surface area contributed by atoms with Gasteiger partial charge in [0.2, 0.25) is 0 Å². The molecule has 0 aliphatic rings. The minimum Gasteiger partial charge on any atom is -0.497 e. The van der Waals surface area contributed by atoms with E-state index in [0.717, 1.165) is 22.6 Å². The summed E-state index contributed by atoms with van der Waals surface area (Å²) in [5.74, 6) is 0.954. The average Bonchev–Trinajstić information content (AvgIpc) is 3.33. The number of ether oxygens (including phenoxy) is 1. The highest BCUT2D eigenvalue weighted by molar-refractivity contribution is 7.99. The molecule has 0 saturated heterocycles. The highest BCUT2D eigenvalue weighted by Gasteiger charge is 2.17. The Morgan fingerprint density at radius 2 is 1.89 bits per heavy atom. The molecular weight excluding hydrogens is 516 g/mol. The number of aromatic nitrogens is 3. The molecule has 1 amide bonds. The van der Waals surface area contributed by atoms with E-state index >= 15 is 0 Å². The Labute approximate surface area is 221 Å². The number of rotatable bonds is 9. The summed E-state index contributed by atoms with van der Waals surface area (Å²) in [5, 5.41) is 24.3. The summed E-state index contributed by atoms with van der Waals surface area (Å²) < 4.78 is 7.13. The molecule has 1 aromatic heterocycles. The zero-order valence-corrected chi connectivity index (χ0v) is 21.4. The minimum absolute atomic E-state index is 0.00656. The Morgan fingerprint density at radius 1 is 1.16 bits per heavy atom. The van der Waals surface area contributed by atoms with E-state index in [0.29, 0.717) is 16.5 Å². The lowest BCUT2D eigenvalue weighted by molar-refractivity contribution is -0.384. The molecule has 0 radical (unpaired) electrons. The van der Waals surface area contributed by atoms with Gasteiger partial charge in [-0.2, -0.15) is 5.10 Å². The Bertz CT molecular complexity index is 1460. The Kier molecular flexibility index (Phi) is 8.16. The number of nitrogens with one attached hydrogen (secondary N) is 1. The maximum atomic E-state index is 12.4. The number of methoxy groups -OCH3 is 1. The summed E-state index contributed by atoms with van der Waals surface area (Å²) >= 11 is 7.25. The van der Waals surface area contributed by atoms with Crippen molar-refractivity contribution in [2.75, 3.05) is 12.9 Å². The Hall–Kier alpha value is -4.22. The lowest BCUT2D eigenvalue weighted by atomic mass is 10.2. The van der Waals surface area contributed by atoms with Crippen LogP contribution < -0.4 is 10.2 Å². The molecule has 1 N–H and O–H groups in total. The topological polar surface area (TPSA) is 125 Å². The molecule has 0 aliphatic heterocycles. The second kappa shape index (κ2) is 11.7. The molecule has 12 heteroatoms. The monoisotopic (exact) mass is 536 g/mol. The van der Waals surface area contributed by atoms with Crippen LogP contribution in [-0.4, -0.2) is 44.7 Å². The fourth-order valence-corrected chi connectivity index (χ4v) is 4.21. The average molecular weight is 537 g/mol. The van der Waals surface area contributed by atoms with Crippen molar-refractivity contribution in [3.63, 3.8) is 0 Å². The zero-order chi connectivity index (χ0) is 26.4. The first-order valence-electron chi connectivity index (χ1n) is 10.9. The normalized spacial score (nSPS) is 11.0. The van der Waals surface area contributed by atoms with Crippen molar-refractivity contribution in [3.8, 4) is 22.8 Å². The third kappa shape index (κ3) is 6.32. The van der Waals surface area contributed by atoms with Crippen LogP contribution in [0.5, 0.6) is 5.75 Å². The molecule has 0 aliphatic carbocycles. The highest BCUT2D eigenvalue weighted by atomic mass is 35.5. The molecule has 0 fully saturated rings.